The van der Waals surface area contributed by atoms with E-state index in [4.69, 9.17) is 9.47 Å². The Morgan fingerprint density at radius 1 is 1.00 bits per heavy atom. The molecule has 0 aliphatic rings. The molecule has 0 aliphatic carbocycles. The van der Waals surface area contributed by atoms with Crippen LogP contribution in [-0.4, -0.2) is 31.1 Å². The summed E-state index contributed by atoms with van der Waals surface area (Å²) in [5.74, 6) is -0.195. The lowest BCUT2D eigenvalue weighted by atomic mass is 9.82. The van der Waals surface area contributed by atoms with Crippen molar-refractivity contribution in [3.8, 4) is 5.75 Å². The van der Waals surface area contributed by atoms with E-state index in [1.54, 1.807) is 6.92 Å². The lowest BCUT2D eigenvalue weighted by molar-refractivity contribution is -0.147. The van der Waals surface area contributed by atoms with E-state index in [9.17, 15) is 9.59 Å². The molecule has 0 saturated carbocycles. The summed E-state index contributed by atoms with van der Waals surface area (Å²) < 4.78 is 10.7. The van der Waals surface area contributed by atoms with Crippen LogP contribution in [0.1, 0.15) is 45.2 Å². The molecule has 0 fully saturated rings. The highest BCUT2D eigenvalue weighted by molar-refractivity contribution is 5.85. The zero-order chi connectivity index (χ0) is 21.3. The molecule has 156 valence electrons. The lowest BCUT2D eigenvalue weighted by Gasteiger charge is -2.23. The van der Waals surface area contributed by atoms with E-state index >= 15 is 0 Å². The van der Waals surface area contributed by atoms with Gasteiger partial charge in [-0.2, -0.15) is 0 Å². The van der Waals surface area contributed by atoms with E-state index in [0.717, 1.165) is 12.0 Å². The molecule has 0 bridgehead atoms. The molecule has 0 heterocycles. The van der Waals surface area contributed by atoms with Gasteiger partial charge in [0.1, 0.15) is 11.8 Å². The number of carbonyl (C=O) groups is 2. The molecule has 1 N–H and O–H groups in total. The maximum Gasteiger partial charge on any atom is 0.328 e. The van der Waals surface area contributed by atoms with Crippen LogP contribution in [0, 0.1) is 0 Å². The van der Waals surface area contributed by atoms with E-state index in [1.807, 2.05) is 54.6 Å². The normalized spacial score (nSPS) is 12.1. The van der Waals surface area contributed by atoms with Crippen LogP contribution in [0.4, 0.5) is 0 Å². The van der Waals surface area contributed by atoms with Crippen molar-refractivity contribution >= 4 is 11.9 Å². The molecular formula is C24H31NO4. The SMILES string of the molecule is CCOC(=O)C(Cc1ccccc1)NC(=O)COc1ccc(C(C)(C)CC)cc1. The van der Waals surface area contributed by atoms with Gasteiger partial charge in [0.2, 0.25) is 0 Å². The first-order valence-corrected chi connectivity index (χ1v) is 10.1. The second kappa shape index (κ2) is 10.6. The molecule has 5 heteroatoms. The minimum Gasteiger partial charge on any atom is -0.484 e. The minimum absolute atomic E-state index is 0.0974. The monoisotopic (exact) mass is 397 g/mol. The fraction of sp³-hybridized carbons (Fsp3) is 0.417. The molecule has 1 amide bonds. The predicted molar refractivity (Wildman–Crippen MR) is 114 cm³/mol. The lowest BCUT2D eigenvalue weighted by Crippen LogP contribution is -2.45. The number of hydrogen-bond donors (Lipinski definition) is 1. The Balaban J connectivity index is 1.94. The molecule has 1 atom stereocenters. The van der Waals surface area contributed by atoms with Crippen LogP contribution in [0.25, 0.3) is 0 Å². The molecule has 0 spiro atoms. The van der Waals surface area contributed by atoms with Crippen molar-refractivity contribution in [2.24, 2.45) is 0 Å². The van der Waals surface area contributed by atoms with Crippen LogP contribution in [-0.2, 0) is 26.2 Å². The molecule has 0 radical (unpaired) electrons. The van der Waals surface area contributed by atoms with E-state index in [0.29, 0.717) is 12.2 Å². The second-order valence-corrected chi connectivity index (χ2v) is 7.61. The summed E-state index contributed by atoms with van der Waals surface area (Å²) >= 11 is 0. The van der Waals surface area contributed by atoms with Crippen LogP contribution in [0.3, 0.4) is 0 Å². The largest absolute Gasteiger partial charge is 0.484 e. The van der Waals surface area contributed by atoms with Crippen molar-refractivity contribution in [1.82, 2.24) is 5.32 Å². The molecule has 1 unspecified atom stereocenters. The van der Waals surface area contributed by atoms with Gasteiger partial charge in [0.25, 0.3) is 5.91 Å². The number of nitrogens with one attached hydrogen (secondary N) is 1. The van der Waals surface area contributed by atoms with Crippen LogP contribution in [0.15, 0.2) is 54.6 Å². The molecule has 0 aromatic heterocycles. The summed E-state index contributed by atoms with van der Waals surface area (Å²) in [6.07, 6.45) is 1.40. The van der Waals surface area contributed by atoms with Crippen molar-refractivity contribution in [3.05, 3.63) is 65.7 Å². The number of esters is 1. The third kappa shape index (κ3) is 6.93. The van der Waals surface area contributed by atoms with Gasteiger partial charge >= 0.3 is 5.97 Å². The highest BCUT2D eigenvalue weighted by Gasteiger charge is 2.23. The Hall–Kier alpha value is -2.82. The molecule has 0 aliphatic heterocycles. The van der Waals surface area contributed by atoms with Gasteiger partial charge in [0.15, 0.2) is 6.61 Å². The third-order valence-electron chi connectivity index (χ3n) is 5.08. The first-order chi connectivity index (χ1) is 13.9. The first-order valence-electron chi connectivity index (χ1n) is 10.1. The van der Waals surface area contributed by atoms with Gasteiger partial charge in [-0.1, -0.05) is 63.2 Å². The van der Waals surface area contributed by atoms with E-state index in [-0.39, 0.29) is 24.5 Å². The zero-order valence-corrected chi connectivity index (χ0v) is 17.7. The van der Waals surface area contributed by atoms with Gasteiger partial charge in [-0.25, -0.2) is 4.79 Å². The van der Waals surface area contributed by atoms with Crippen molar-refractivity contribution in [2.75, 3.05) is 13.2 Å². The summed E-state index contributed by atoms with van der Waals surface area (Å²) in [6, 6.07) is 16.5. The standard InChI is InChI=1S/C24H31NO4/c1-5-24(3,4)19-12-14-20(15-13-19)29-17-22(26)25-21(23(27)28-6-2)16-18-10-8-7-9-11-18/h7-15,21H,5-6,16-17H2,1-4H3,(H,25,26). The second-order valence-electron chi connectivity index (χ2n) is 7.61. The van der Waals surface area contributed by atoms with Crippen LogP contribution >= 0.6 is 0 Å². The Morgan fingerprint density at radius 2 is 1.66 bits per heavy atom. The Morgan fingerprint density at radius 3 is 2.24 bits per heavy atom. The number of benzene rings is 2. The van der Waals surface area contributed by atoms with Crippen LogP contribution in [0.2, 0.25) is 0 Å². The maximum atomic E-state index is 12.4. The third-order valence-corrected chi connectivity index (χ3v) is 5.08. The van der Waals surface area contributed by atoms with Crippen molar-refractivity contribution in [2.45, 2.75) is 52.0 Å². The molecular weight excluding hydrogens is 366 g/mol. The molecule has 2 rings (SSSR count). The van der Waals surface area contributed by atoms with Gasteiger partial charge in [-0.05, 0) is 42.0 Å². The average Bonchev–Trinajstić information content (AvgIpc) is 2.73. The van der Waals surface area contributed by atoms with Crippen molar-refractivity contribution in [1.29, 1.82) is 0 Å². The molecule has 2 aromatic rings. The summed E-state index contributed by atoms with van der Waals surface area (Å²) in [5.41, 5.74) is 2.27. The smallest absolute Gasteiger partial charge is 0.328 e. The highest BCUT2D eigenvalue weighted by atomic mass is 16.5. The molecule has 0 saturated heterocycles. The topological polar surface area (TPSA) is 64.6 Å². The van der Waals surface area contributed by atoms with Crippen LogP contribution in [0.5, 0.6) is 5.75 Å². The summed E-state index contributed by atoms with van der Waals surface area (Å²) in [4.78, 5) is 24.6. The number of ether oxygens (including phenoxy) is 2. The fourth-order valence-electron chi connectivity index (χ4n) is 2.88. The quantitative estimate of drug-likeness (QED) is 0.615. The Kier molecular flexibility index (Phi) is 8.25. The van der Waals surface area contributed by atoms with E-state index in [2.05, 4.69) is 26.1 Å². The number of amides is 1. The molecule has 2 aromatic carbocycles. The Labute approximate surface area is 173 Å². The van der Waals surface area contributed by atoms with Gasteiger partial charge in [0, 0.05) is 6.42 Å². The first kappa shape index (κ1) is 22.5. The summed E-state index contributed by atoms with van der Waals surface area (Å²) in [5, 5.41) is 2.73. The average molecular weight is 398 g/mol. The fourth-order valence-corrected chi connectivity index (χ4v) is 2.88. The Bertz CT molecular complexity index is 784. The number of rotatable bonds is 10. The van der Waals surface area contributed by atoms with Crippen molar-refractivity contribution < 1.29 is 19.1 Å². The zero-order valence-electron chi connectivity index (χ0n) is 17.7. The van der Waals surface area contributed by atoms with Gasteiger partial charge < -0.3 is 14.8 Å². The van der Waals surface area contributed by atoms with Gasteiger partial charge in [0.05, 0.1) is 6.61 Å². The van der Waals surface area contributed by atoms with Gasteiger partial charge in [-0.15, -0.1) is 0 Å². The van der Waals surface area contributed by atoms with Crippen molar-refractivity contribution in [3.63, 3.8) is 0 Å². The number of hydrogen-bond acceptors (Lipinski definition) is 4. The molecule has 29 heavy (non-hydrogen) atoms. The van der Waals surface area contributed by atoms with E-state index < -0.39 is 12.0 Å². The summed E-state index contributed by atoms with van der Waals surface area (Å²) in [7, 11) is 0. The maximum absolute atomic E-state index is 12.4. The predicted octanol–water partition coefficient (Wildman–Crippen LogP) is 4.04. The molecule has 5 nitrogen and oxygen atoms in total. The highest BCUT2D eigenvalue weighted by Crippen LogP contribution is 2.28. The van der Waals surface area contributed by atoms with Gasteiger partial charge in [-0.3, -0.25) is 4.79 Å². The number of carbonyl (C=O) groups excluding carboxylic acids is 2. The van der Waals surface area contributed by atoms with E-state index in [1.165, 1.54) is 5.56 Å². The summed E-state index contributed by atoms with van der Waals surface area (Å²) in [6.45, 7) is 8.38. The minimum atomic E-state index is -0.749. The van der Waals surface area contributed by atoms with Crippen LogP contribution < -0.4 is 10.1 Å².